The first-order valence-electron chi connectivity index (χ1n) is 9.31. The van der Waals surface area contributed by atoms with Crippen molar-refractivity contribution in [2.45, 2.75) is 77.4 Å². The number of ether oxygens (including phenoxy) is 1. The maximum Gasteiger partial charge on any atom is 0.192 e. The molecule has 1 aliphatic rings. The van der Waals surface area contributed by atoms with Crippen LogP contribution in [0.2, 0.25) is 18.1 Å². The molecule has 1 aliphatic heterocycles. The summed E-state index contributed by atoms with van der Waals surface area (Å²) in [6.07, 6.45) is 1.81. The average molecular weight is 405 g/mol. The lowest BCUT2D eigenvalue weighted by Gasteiger charge is -2.48. The standard InChI is InChI=1S/C21H32N2O2SSi/c1-14(26-7)23-18-16-12-15(13-22)10-11-17(16)24-21(5,6)19(18)25-27(8,9)20(2,3)4/h10-12,18-19H,1-9H3. The van der Waals surface area contributed by atoms with Crippen molar-refractivity contribution in [1.82, 2.24) is 0 Å². The van der Waals surface area contributed by atoms with Crippen LogP contribution in [0.3, 0.4) is 0 Å². The van der Waals surface area contributed by atoms with E-state index in [2.05, 4.69) is 53.8 Å². The van der Waals surface area contributed by atoms with E-state index in [1.807, 2.05) is 25.3 Å². The first-order valence-corrected chi connectivity index (χ1v) is 13.4. The molecule has 0 saturated heterocycles. The number of hydrogen-bond donors (Lipinski definition) is 0. The van der Waals surface area contributed by atoms with Crippen molar-refractivity contribution in [2.75, 3.05) is 6.26 Å². The molecule has 0 aliphatic carbocycles. The van der Waals surface area contributed by atoms with Crippen LogP contribution < -0.4 is 4.74 Å². The van der Waals surface area contributed by atoms with Gasteiger partial charge < -0.3 is 9.16 Å². The Morgan fingerprint density at radius 2 is 1.96 bits per heavy atom. The molecule has 2 atom stereocenters. The fourth-order valence-corrected chi connectivity index (χ4v) is 4.53. The number of benzene rings is 1. The van der Waals surface area contributed by atoms with E-state index in [0.29, 0.717) is 5.56 Å². The lowest BCUT2D eigenvalue weighted by Crippen LogP contribution is -2.56. The number of thioether (sulfide) groups is 1. The van der Waals surface area contributed by atoms with Gasteiger partial charge in [0.05, 0.1) is 16.7 Å². The summed E-state index contributed by atoms with van der Waals surface area (Å²) < 4.78 is 13.2. The van der Waals surface area contributed by atoms with Crippen molar-refractivity contribution >= 4 is 25.1 Å². The third-order valence-corrected chi connectivity index (χ3v) is 10.8. The third-order valence-electron chi connectivity index (χ3n) is 5.65. The van der Waals surface area contributed by atoms with Crippen LogP contribution in [0, 0.1) is 11.3 Å². The van der Waals surface area contributed by atoms with Crippen LogP contribution in [-0.2, 0) is 4.43 Å². The van der Waals surface area contributed by atoms with E-state index in [-0.39, 0.29) is 17.2 Å². The normalized spacial score (nSPS) is 22.6. The number of nitrogens with zero attached hydrogens (tertiary/aromatic N) is 2. The number of nitriles is 1. The van der Waals surface area contributed by atoms with Gasteiger partial charge >= 0.3 is 0 Å². The van der Waals surface area contributed by atoms with Gasteiger partial charge in [-0.15, -0.1) is 11.8 Å². The molecular weight excluding hydrogens is 372 g/mol. The third kappa shape index (κ3) is 4.59. The first kappa shape index (κ1) is 22.0. The molecule has 4 nitrogen and oxygen atoms in total. The minimum absolute atomic E-state index is 0.0840. The van der Waals surface area contributed by atoms with E-state index in [4.69, 9.17) is 14.2 Å². The maximum absolute atomic E-state index is 9.36. The van der Waals surface area contributed by atoms with Crippen molar-refractivity contribution < 1.29 is 9.16 Å². The Balaban J connectivity index is 2.62. The first-order chi connectivity index (χ1) is 12.3. The van der Waals surface area contributed by atoms with Crippen LogP contribution in [0.1, 0.15) is 58.7 Å². The average Bonchev–Trinajstić information content (AvgIpc) is 2.56. The van der Waals surface area contributed by atoms with Crippen LogP contribution in [-0.4, -0.2) is 31.3 Å². The Labute approximate surface area is 169 Å². The summed E-state index contributed by atoms with van der Waals surface area (Å²) in [7, 11) is -2.05. The van der Waals surface area contributed by atoms with E-state index in [1.165, 1.54) is 0 Å². The zero-order valence-electron chi connectivity index (χ0n) is 18.0. The van der Waals surface area contributed by atoms with E-state index in [1.54, 1.807) is 17.8 Å². The van der Waals surface area contributed by atoms with Crippen molar-refractivity contribution in [3.05, 3.63) is 29.3 Å². The van der Waals surface area contributed by atoms with Gasteiger partial charge in [-0.1, -0.05) is 20.8 Å². The van der Waals surface area contributed by atoms with Crippen LogP contribution in [0.5, 0.6) is 5.75 Å². The fraction of sp³-hybridized carbons (Fsp3) is 0.619. The fourth-order valence-electron chi connectivity index (χ4n) is 2.91. The summed E-state index contributed by atoms with van der Waals surface area (Å²) >= 11 is 1.63. The van der Waals surface area contributed by atoms with Crippen LogP contribution in [0.25, 0.3) is 0 Å². The predicted molar refractivity (Wildman–Crippen MR) is 117 cm³/mol. The van der Waals surface area contributed by atoms with Gasteiger partial charge in [-0.3, -0.25) is 4.99 Å². The summed E-state index contributed by atoms with van der Waals surface area (Å²) in [4.78, 5) is 5.00. The number of aliphatic imine (C=N–C) groups is 1. The second-order valence-electron chi connectivity index (χ2n) is 9.17. The molecule has 6 heteroatoms. The molecule has 0 aromatic heterocycles. The van der Waals surface area contributed by atoms with E-state index >= 15 is 0 Å². The molecule has 1 heterocycles. The molecule has 0 fully saturated rings. The van der Waals surface area contributed by atoms with Crippen LogP contribution in [0.4, 0.5) is 0 Å². The highest BCUT2D eigenvalue weighted by Crippen LogP contribution is 2.47. The number of hydrogen-bond acceptors (Lipinski definition) is 5. The van der Waals surface area contributed by atoms with Crippen molar-refractivity contribution in [3.63, 3.8) is 0 Å². The Morgan fingerprint density at radius 3 is 2.48 bits per heavy atom. The molecule has 0 bridgehead atoms. The summed E-state index contributed by atoms with van der Waals surface area (Å²) in [6, 6.07) is 7.61. The Bertz CT molecular complexity index is 775. The van der Waals surface area contributed by atoms with Crippen molar-refractivity contribution in [1.29, 1.82) is 5.26 Å². The molecule has 2 unspecified atom stereocenters. The topological polar surface area (TPSA) is 54.6 Å². The number of fused-ring (bicyclic) bond motifs is 1. The van der Waals surface area contributed by atoms with Gasteiger partial charge in [0.25, 0.3) is 0 Å². The molecule has 1 aromatic rings. The Morgan fingerprint density at radius 1 is 1.33 bits per heavy atom. The molecule has 27 heavy (non-hydrogen) atoms. The monoisotopic (exact) mass is 404 g/mol. The highest BCUT2D eigenvalue weighted by molar-refractivity contribution is 8.13. The van der Waals surface area contributed by atoms with Crippen LogP contribution >= 0.6 is 11.8 Å². The summed E-state index contributed by atoms with van der Waals surface area (Å²) in [5, 5.41) is 10.4. The summed E-state index contributed by atoms with van der Waals surface area (Å²) in [6.45, 7) is 17.4. The second-order valence-corrected chi connectivity index (χ2v) is 14.9. The molecule has 0 N–H and O–H groups in total. The predicted octanol–water partition coefficient (Wildman–Crippen LogP) is 5.94. The highest BCUT2D eigenvalue weighted by atomic mass is 32.2. The van der Waals surface area contributed by atoms with Gasteiger partial charge in [0, 0.05) is 5.56 Å². The molecule has 0 amide bonds. The van der Waals surface area contributed by atoms with E-state index in [9.17, 15) is 5.26 Å². The van der Waals surface area contributed by atoms with Gasteiger partial charge in [0.15, 0.2) is 8.32 Å². The van der Waals surface area contributed by atoms with Gasteiger partial charge in [0.2, 0.25) is 0 Å². The summed E-state index contributed by atoms with van der Waals surface area (Å²) in [5.41, 5.74) is 1.03. The number of rotatable bonds is 3. The molecular formula is C21H32N2O2SSi. The largest absolute Gasteiger partial charge is 0.485 e. The Hall–Kier alpha value is -1.29. The molecule has 148 valence electrons. The van der Waals surface area contributed by atoms with Gasteiger partial charge in [-0.05, 0) is 63.4 Å². The van der Waals surface area contributed by atoms with Crippen LogP contribution in [0.15, 0.2) is 23.2 Å². The lowest BCUT2D eigenvalue weighted by atomic mass is 9.86. The van der Waals surface area contributed by atoms with E-state index < -0.39 is 13.9 Å². The van der Waals surface area contributed by atoms with E-state index in [0.717, 1.165) is 16.4 Å². The minimum Gasteiger partial charge on any atom is -0.485 e. The molecule has 2 rings (SSSR count). The van der Waals surface area contributed by atoms with Crippen molar-refractivity contribution in [3.8, 4) is 11.8 Å². The zero-order chi connectivity index (χ0) is 20.6. The lowest BCUT2D eigenvalue weighted by molar-refractivity contribution is -0.0488. The second kappa shape index (κ2) is 7.61. The molecule has 0 radical (unpaired) electrons. The SMILES string of the molecule is CSC(C)=NC1c2cc(C#N)ccc2OC(C)(C)C1O[Si](C)(C)C(C)(C)C. The van der Waals surface area contributed by atoms with Crippen molar-refractivity contribution in [2.24, 2.45) is 4.99 Å². The van der Waals surface area contributed by atoms with Gasteiger partial charge in [-0.2, -0.15) is 5.26 Å². The molecule has 0 saturated carbocycles. The highest BCUT2D eigenvalue weighted by Gasteiger charge is 2.50. The minimum atomic E-state index is -2.05. The Kier molecular flexibility index (Phi) is 6.20. The van der Waals surface area contributed by atoms with Gasteiger partial charge in [-0.25, -0.2) is 0 Å². The maximum atomic E-state index is 9.36. The van der Waals surface area contributed by atoms with Gasteiger partial charge in [0.1, 0.15) is 23.5 Å². The zero-order valence-corrected chi connectivity index (χ0v) is 19.8. The molecule has 0 spiro atoms. The summed E-state index contributed by atoms with van der Waals surface area (Å²) in [5.74, 6) is 0.789. The smallest absolute Gasteiger partial charge is 0.192 e. The quantitative estimate of drug-likeness (QED) is 0.355. The molecule has 1 aromatic carbocycles.